The van der Waals surface area contributed by atoms with Crippen LogP contribution in [-0.4, -0.2) is 47.0 Å². The van der Waals surface area contributed by atoms with Crippen molar-refractivity contribution in [1.29, 1.82) is 0 Å². The van der Waals surface area contributed by atoms with Gasteiger partial charge in [-0.2, -0.15) is 11.8 Å². The molecule has 1 amide bonds. The molecular weight excluding hydrogens is 208 g/mol. The fourth-order valence-electron chi connectivity index (χ4n) is 1.78. The number of hydrogen-bond donors (Lipinski definition) is 1. The molecule has 0 spiro atoms. The van der Waals surface area contributed by atoms with Crippen LogP contribution in [0, 0.1) is 0 Å². The molecule has 2 atom stereocenters. The standard InChI is InChI=1S/C11H22N2OS/c1-8(2)12-5-11(14)13-6-9(3)15-10(4)7-13/h8-10,12H,5-7H2,1-4H3. The van der Waals surface area contributed by atoms with Gasteiger partial charge in [0.1, 0.15) is 0 Å². The van der Waals surface area contributed by atoms with Crippen LogP contribution in [0.5, 0.6) is 0 Å². The summed E-state index contributed by atoms with van der Waals surface area (Å²) in [7, 11) is 0. The summed E-state index contributed by atoms with van der Waals surface area (Å²) in [6.07, 6.45) is 0. The van der Waals surface area contributed by atoms with Gasteiger partial charge in [-0.05, 0) is 0 Å². The smallest absolute Gasteiger partial charge is 0.236 e. The second-order valence-corrected chi connectivity index (χ2v) is 6.47. The van der Waals surface area contributed by atoms with Gasteiger partial charge in [-0.25, -0.2) is 0 Å². The van der Waals surface area contributed by atoms with Gasteiger partial charge in [0.05, 0.1) is 6.54 Å². The SMILES string of the molecule is CC(C)NCC(=O)N1CC(C)SC(C)C1. The molecule has 0 radical (unpaired) electrons. The summed E-state index contributed by atoms with van der Waals surface area (Å²) in [5.74, 6) is 0.239. The Morgan fingerprint density at radius 3 is 2.40 bits per heavy atom. The first-order chi connectivity index (χ1) is 6.99. The van der Waals surface area contributed by atoms with Crippen LogP contribution in [0.15, 0.2) is 0 Å². The Morgan fingerprint density at radius 1 is 1.40 bits per heavy atom. The van der Waals surface area contributed by atoms with Crippen molar-refractivity contribution in [3.05, 3.63) is 0 Å². The first-order valence-corrected chi connectivity index (χ1v) is 6.60. The molecule has 1 N–H and O–H groups in total. The van der Waals surface area contributed by atoms with Crippen molar-refractivity contribution in [2.75, 3.05) is 19.6 Å². The third-order valence-electron chi connectivity index (χ3n) is 2.43. The van der Waals surface area contributed by atoms with Gasteiger partial charge in [0, 0.05) is 29.6 Å². The number of nitrogens with one attached hydrogen (secondary N) is 1. The quantitative estimate of drug-likeness (QED) is 0.794. The summed E-state index contributed by atoms with van der Waals surface area (Å²) in [6.45, 7) is 10.8. The third kappa shape index (κ3) is 4.43. The van der Waals surface area contributed by atoms with Crippen molar-refractivity contribution in [3.8, 4) is 0 Å². The topological polar surface area (TPSA) is 32.3 Å². The summed E-state index contributed by atoms with van der Waals surface area (Å²) in [5.41, 5.74) is 0. The van der Waals surface area contributed by atoms with E-state index in [4.69, 9.17) is 0 Å². The molecule has 4 heteroatoms. The minimum absolute atomic E-state index is 0.239. The molecular formula is C11H22N2OS. The van der Waals surface area contributed by atoms with Gasteiger partial charge in [-0.15, -0.1) is 0 Å². The molecule has 1 fully saturated rings. The van der Waals surface area contributed by atoms with E-state index >= 15 is 0 Å². The largest absolute Gasteiger partial charge is 0.339 e. The number of rotatable bonds is 3. The van der Waals surface area contributed by atoms with Crippen molar-refractivity contribution in [2.24, 2.45) is 0 Å². The van der Waals surface area contributed by atoms with E-state index in [1.165, 1.54) is 0 Å². The van der Waals surface area contributed by atoms with Gasteiger partial charge in [-0.1, -0.05) is 27.7 Å². The number of carbonyl (C=O) groups excluding carboxylic acids is 1. The first-order valence-electron chi connectivity index (χ1n) is 5.65. The lowest BCUT2D eigenvalue weighted by Gasteiger charge is -2.34. The molecule has 88 valence electrons. The number of amides is 1. The molecule has 0 bridgehead atoms. The zero-order chi connectivity index (χ0) is 11.4. The van der Waals surface area contributed by atoms with E-state index in [-0.39, 0.29) is 5.91 Å². The highest BCUT2D eigenvalue weighted by atomic mass is 32.2. The predicted molar refractivity (Wildman–Crippen MR) is 66.2 cm³/mol. The predicted octanol–water partition coefficient (Wildman–Crippen LogP) is 1.34. The highest BCUT2D eigenvalue weighted by Gasteiger charge is 2.25. The van der Waals surface area contributed by atoms with Crippen LogP contribution >= 0.6 is 11.8 Å². The Kier molecular flexibility index (Phi) is 4.93. The Labute approximate surface area is 97.0 Å². The molecule has 1 rings (SSSR count). The van der Waals surface area contributed by atoms with Crippen molar-refractivity contribution in [1.82, 2.24) is 10.2 Å². The van der Waals surface area contributed by atoms with Crippen molar-refractivity contribution < 1.29 is 4.79 Å². The van der Waals surface area contributed by atoms with Gasteiger partial charge in [0.25, 0.3) is 0 Å². The molecule has 3 nitrogen and oxygen atoms in total. The second kappa shape index (κ2) is 5.75. The van der Waals surface area contributed by atoms with Crippen LogP contribution in [0.3, 0.4) is 0 Å². The highest BCUT2D eigenvalue weighted by Crippen LogP contribution is 2.24. The van der Waals surface area contributed by atoms with E-state index < -0.39 is 0 Å². The third-order valence-corrected chi connectivity index (χ3v) is 3.66. The van der Waals surface area contributed by atoms with E-state index in [0.29, 0.717) is 23.1 Å². The van der Waals surface area contributed by atoms with Crippen molar-refractivity contribution >= 4 is 17.7 Å². The lowest BCUT2D eigenvalue weighted by Crippen LogP contribution is -2.47. The monoisotopic (exact) mass is 230 g/mol. The Morgan fingerprint density at radius 2 is 1.93 bits per heavy atom. The molecule has 0 aromatic heterocycles. The Bertz CT molecular complexity index is 211. The minimum Gasteiger partial charge on any atom is -0.339 e. The summed E-state index contributed by atoms with van der Waals surface area (Å²) in [5, 5.41) is 4.31. The summed E-state index contributed by atoms with van der Waals surface area (Å²) >= 11 is 1.97. The normalized spacial score (nSPS) is 27.1. The van der Waals surface area contributed by atoms with Crippen LogP contribution < -0.4 is 5.32 Å². The zero-order valence-corrected chi connectivity index (χ0v) is 10.9. The molecule has 15 heavy (non-hydrogen) atoms. The number of carbonyl (C=O) groups is 1. The number of hydrogen-bond acceptors (Lipinski definition) is 3. The van der Waals surface area contributed by atoms with E-state index in [2.05, 4.69) is 33.0 Å². The van der Waals surface area contributed by atoms with Crippen LogP contribution in [0.4, 0.5) is 0 Å². The van der Waals surface area contributed by atoms with Crippen LogP contribution in [0.1, 0.15) is 27.7 Å². The average Bonchev–Trinajstić information content (AvgIpc) is 2.12. The molecule has 0 aromatic rings. The maximum atomic E-state index is 11.8. The van der Waals surface area contributed by atoms with Crippen molar-refractivity contribution in [3.63, 3.8) is 0 Å². The second-order valence-electron chi connectivity index (χ2n) is 4.59. The van der Waals surface area contributed by atoms with Crippen LogP contribution in [0.2, 0.25) is 0 Å². The molecule has 1 aliphatic rings. The average molecular weight is 230 g/mol. The maximum Gasteiger partial charge on any atom is 0.236 e. The molecule has 0 saturated carbocycles. The van der Waals surface area contributed by atoms with Gasteiger partial charge in [0.15, 0.2) is 0 Å². The lowest BCUT2D eigenvalue weighted by atomic mass is 10.3. The maximum absolute atomic E-state index is 11.8. The van der Waals surface area contributed by atoms with Crippen LogP contribution in [-0.2, 0) is 4.79 Å². The molecule has 0 aromatic carbocycles. The zero-order valence-electron chi connectivity index (χ0n) is 10.1. The summed E-state index contributed by atoms with van der Waals surface area (Å²) in [4.78, 5) is 13.8. The van der Waals surface area contributed by atoms with E-state index in [1.54, 1.807) is 0 Å². The summed E-state index contributed by atoms with van der Waals surface area (Å²) < 4.78 is 0. The molecule has 0 aliphatic carbocycles. The van der Waals surface area contributed by atoms with Gasteiger partial charge >= 0.3 is 0 Å². The van der Waals surface area contributed by atoms with E-state index in [0.717, 1.165) is 13.1 Å². The van der Waals surface area contributed by atoms with E-state index in [1.807, 2.05) is 16.7 Å². The molecule has 1 aliphatic heterocycles. The fraction of sp³-hybridized carbons (Fsp3) is 0.909. The van der Waals surface area contributed by atoms with Gasteiger partial charge < -0.3 is 10.2 Å². The molecule has 2 unspecified atom stereocenters. The minimum atomic E-state index is 0.239. The summed E-state index contributed by atoms with van der Waals surface area (Å²) in [6, 6.07) is 0.378. The molecule has 1 saturated heterocycles. The lowest BCUT2D eigenvalue weighted by molar-refractivity contribution is -0.130. The number of thioether (sulfide) groups is 1. The van der Waals surface area contributed by atoms with Gasteiger partial charge in [0.2, 0.25) is 5.91 Å². The number of nitrogens with zero attached hydrogens (tertiary/aromatic N) is 1. The molecule has 1 heterocycles. The van der Waals surface area contributed by atoms with E-state index in [9.17, 15) is 4.79 Å². The Balaban J connectivity index is 2.38. The Hall–Kier alpha value is -0.220. The van der Waals surface area contributed by atoms with Gasteiger partial charge in [-0.3, -0.25) is 4.79 Å². The van der Waals surface area contributed by atoms with Crippen molar-refractivity contribution in [2.45, 2.75) is 44.2 Å². The fourth-order valence-corrected chi connectivity index (χ4v) is 3.11. The highest BCUT2D eigenvalue weighted by molar-refractivity contribution is 8.00. The van der Waals surface area contributed by atoms with Crippen LogP contribution in [0.25, 0.3) is 0 Å². The first kappa shape index (κ1) is 12.8.